The Morgan fingerprint density at radius 1 is 1.33 bits per heavy atom. The first-order valence-corrected chi connectivity index (χ1v) is 6.35. The van der Waals surface area contributed by atoms with Crippen LogP contribution in [0.25, 0.3) is 0 Å². The van der Waals surface area contributed by atoms with Crippen LogP contribution in [0.4, 0.5) is 4.39 Å². The van der Waals surface area contributed by atoms with Crippen molar-refractivity contribution in [1.82, 2.24) is 0 Å². The van der Waals surface area contributed by atoms with Gasteiger partial charge in [0, 0.05) is 0 Å². The van der Waals surface area contributed by atoms with E-state index >= 15 is 0 Å². The number of ether oxygens (including phenoxy) is 1. The van der Waals surface area contributed by atoms with Gasteiger partial charge in [0.1, 0.15) is 6.17 Å². The molecule has 2 heteroatoms. The normalized spacial score (nSPS) is 33.6. The highest BCUT2D eigenvalue weighted by Crippen LogP contribution is 2.53. The van der Waals surface area contributed by atoms with Crippen molar-refractivity contribution in [1.29, 1.82) is 0 Å². The van der Waals surface area contributed by atoms with Crippen molar-refractivity contribution in [2.45, 2.75) is 64.6 Å². The highest BCUT2D eigenvalue weighted by Gasteiger charge is 2.45. The van der Waals surface area contributed by atoms with Crippen LogP contribution in [0.5, 0.6) is 0 Å². The third-order valence-corrected chi connectivity index (χ3v) is 3.88. The van der Waals surface area contributed by atoms with Gasteiger partial charge in [-0.1, -0.05) is 0 Å². The zero-order chi connectivity index (χ0) is 10.9. The predicted octanol–water partition coefficient (Wildman–Crippen LogP) is 3.72. The van der Waals surface area contributed by atoms with Gasteiger partial charge >= 0.3 is 0 Å². The van der Waals surface area contributed by atoms with Crippen molar-refractivity contribution < 1.29 is 9.13 Å². The SMILES string of the molecule is CC(C)OCC1(CC2CCC(F)C2)CC1. The van der Waals surface area contributed by atoms with Gasteiger partial charge in [0.2, 0.25) is 0 Å². The van der Waals surface area contributed by atoms with E-state index in [0.717, 1.165) is 25.9 Å². The van der Waals surface area contributed by atoms with Gasteiger partial charge in [0.05, 0.1) is 12.7 Å². The molecule has 2 unspecified atom stereocenters. The zero-order valence-electron chi connectivity index (χ0n) is 9.97. The van der Waals surface area contributed by atoms with E-state index in [9.17, 15) is 4.39 Å². The number of hydrogen-bond acceptors (Lipinski definition) is 1. The van der Waals surface area contributed by atoms with Crippen LogP contribution >= 0.6 is 0 Å². The first-order chi connectivity index (χ1) is 7.10. The Morgan fingerprint density at radius 2 is 2.07 bits per heavy atom. The minimum Gasteiger partial charge on any atom is -0.378 e. The molecule has 0 aromatic carbocycles. The molecule has 88 valence electrons. The van der Waals surface area contributed by atoms with Crippen molar-refractivity contribution in [3.8, 4) is 0 Å². The standard InChI is InChI=1S/C13H23FO/c1-10(2)15-9-13(5-6-13)8-11-3-4-12(14)7-11/h10-12H,3-9H2,1-2H3. The van der Waals surface area contributed by atoms with Crippen molar-refractivity contribution in [3.63, 3.8) is 0 Å². The van der Waals surface area contributed by atoms with Crippen molar-refractivity contribution in [3.05, 3.63) is 0 Å². The molecule has 1 nitrogen and oxygen atoms in total. The second-order valence-electron chi connectivity index (χ2n) is 5.84. The van der Waals surface area contributed by atoms with Crippen LogP contribution in [-0.4, -0.2) is 18.9 Å². The van der Waals surface area contributed by atoms with E-state index in [1.807, 2.05) is 0 Å². The lowest BCUT2D eigenvalue weighted by molar-refractivity contribution is 0.0359. The predicted molar refractivity (Wildman–Crippen MR) is 59.6 cm³/mol. The Hall–Kier alpha value is -0.110. The van der Waals surface area contributed by atoms with E-state index in [1.54, 1.807) is 0 Å². The Morgan fingerprint density at radius 3 is 2.53 bits per heavy atom. The molecule has 2 fully saturated rings. The number of rotatable bonds is 5. The fourth-order valence-electron chi connectivity index (χ4n) is 2.74. The van der Waals surface area contributed by atoms with E-state index in [0.29, 0.717) is 17.4 Å². The molecule has 0 bridgehead atoms. The average molecular weight is 214 g/mol. The molecule has 2 aliphatic rings. The largest absolute Gasteiger partial charge is 0.378 e. The molecule has 0 amide bonds. The summed E-state index contributed by atoms with van der Waals surface area (Å²) in [5, 5.41) is 0. The molecule has 0 N–H and O–H groups in total. The minimum absolute atomic E-state index is 0.333. The highest BCUT2D eigenvalue weighted by molar-refractivity contribution is 4.96. The van der Waals surface area contributed by atoms with E-state index in [2.05, 4.69) is 13.8 Å². The van der Waals surface area contributed by atoms with Crippen LogP contribution in [0.1, 0.15) is 52.4 Å². The van der Waals surface area contributed by atoms with E-state index in [-0.39, 0.29) is 0 Å². The van der Waals surface area contributed by atoms with Gasteiger partial charge in [0.25, 0.3) is 0 Å². The third kappa shape index (κ3) is 3.17. The van der Waals surface area contributed by atoms with Crippen molar-refractivity contribution in [2.75, 3.05) is 6.61 Å². The van der Waals surface area contributed by atoms with E-state index < -0.39 is 6.17 Å². The fraction of sp³-hybridized carbons (Fsp3) is 1.00. The maximum absolute atomic E-state index is 13.1. The first-order valence-electron chi connectivity index (χ1n) is 6.35. The minimum atomic E-state index is -0.517. The molecule has 2 saturated carbocycles. The van der Waals surface area contributed by atoms with Gasteiger partial charge in [-0.05, 0) is 63.7 Å². The highest BCUT2D eigenvalue weighted by atomic mass is 19.1. The molecule has 2 rings (SSSR count). The average Bonchev–Trinajstić information content (AvgIpc) is 2.81. The summed E-state index contributed by atoms with van der Waals surface area (Å²) in [4.78, 5) is 0. The molecular formula is C13H23FO. The third-order valence-electron chi connectivity index (χ3n) is 3.88. The van der Waals surface area contributed by atoms with E-state index in [4.69, 9.17) is 4.74 Å². The van der Waals surface area contributed by atoms with Crippen LogP contribution in [-0.2, 0) is 4.74 Å². The molecule has 0 aromatic heterocycles. The van der Waals surface area contributed by atoms with Gasteiger partial charge in [0.15, 0.2) is 0 Å². The number of alkyl halides is 1. The smallest absolute Gasteiger partial charge is 0.100 e. The lowest BCUT2D eigenvalue weighted by atomic mass is 9.91. The summed E-state index contributed by atoms with van der Waals surface area (Å²) in [5.74, 6) is 0.637. The molecule has 0 heterocycles. The second kappa shape index (κ2) is 4.40. The lowest BCUT2D eigenvalue weighted by Crippen LogP contribution is -2.17. The summed E-state index contributed by atoms with van der Waals surface area (Å²) in [5.41, 5.74) is 0.443. The summed E-state index contributed by atoms with van der Waals surface area (Å²) >= 11 is 0. The summed E-state index contributed by atoms with van der Waals surface area (Å²) in [6.45, 7) is 5.07. The van der Waals surface area contributed by atoms with Gasteiger partial charge in [-0.15, -0.1) is 0 Å². The van der Waals surface area contributed by atoms with Crippen LogP contribution < -0.4 is 0 Å². The second-order valence-corrected chi connectivity index (χ2v) is 5.84. The molecule has 0 radical (unpaired) electrons. The van der Waals surface area contributed by atoms with Crippen LogP contribution in [0.2, 0.25) is 0 Å². The topological polar surface area (TPSA) is 9.23 Å². The molecule has 0 aliphatic heterocycles. The van der Waals surface area contributed by atoms with Gasteiger partial charge in [-0.3, -0.25) is 0 Å². The molecule has 15 heavy (non-hydrogen) atoms. The summed E-state index contributed by atoms with van der Waals surface area (Å²) in [7, 11) is 0. The fourth-order valence-corrected chi connectivity index (χ4v) is 2.74. The molecule has 2 atom stereocenters. The Balaban J connectivity index is 1.73. The maximum atomic E-state index is 13.1. The molecule has 0 spiro atoms. The maximum Gasteiger partial charge on any atom is 0.100 e. The molecule has 0 aromatic rings. The summed E-state index contributed by atoms with van der Waals surface area (Å²) in [6, 6.07) is 0. The summed E-state index contributed by atoms with van der Waals surface area (Å²) in [6.07, 6.45) is 6.33. The Kier molecular flexibility index (Phi) is 3.34. The Bertz CT molecular complexity index is 211. The first kappa shape index (κ1) is 11.4. The van der Waals surface area contributed by atoms with Crippen LogP contribution in [0.3, 0.4) is 0 Å². The molecule has 0 saturated heterocycles. The van der Waals surface area contributed by atoms with Crippen LogP contribution in [0, 0.1) is 11.3 Å². The lowest BCUT2D eigenvalue weighted by Gasteiger charge is -2.20. The number of halogens is 1. The van der Waals surface area contributed by atoms with Crippen molar-refractivity contribution in [2.24, 2.45) is 11.3 Å². The molecular weight excluding hydrogens is 191 g/mol. The monoisotopic (exact) mass is 214 g/mol. The van der Waals surface area contributed by atoms with Gasteiger partial charge < -0.3 is 4.74 Å². The number of hydrogen-bond donors (Lipinski definition) is 0. The van der Waals surface area contributed by atoms with Crippen molar-refractivity contribution >= 4 is 0 Å². The summed E-state index contributed by atoms with van der Waals surface area (Å²) < 4.78 is 18.8. The van der Waals surface area contributed by atoms with Gasteiger partial charge in [-0.25, -0.2) is 4.39 Å². The quantitative estimate of drug-likeness (QED) is 0.677. The van der Waals surface area contributed by atoms with E-state index in [1.165, 1.54) is 19.3 Å². The zero-order valence-corrected chi connectivity index (χ0v) is 9.97. The van der Waals surface area contributed by atoms with Crippen LogP contribution in [0.15, 0.2) is 0 Å². The van der Waals surface area contributed by atoms with Gasteiger partial charge in [-0.2, -0.15) is 0 Å². The molecule has 2 aliphatic carbocycles. The Labute approximate surface area is 92.4 Å².